The zero-order chi connectivity index (χ0) is 18.4. The molecule has 0 bridgehead atoms. The van der Waals surface area contributed by atoms with E-state index < -0.39 is 5.91 Å². The van der Waals surface area contributed by atoms with Crippen LogP contribution in [0.5, 0.6) is 5.75 Å². The van der Waals surface area contributed by atoms with E-state index in [4.69, 9.17) is 0 Å². The van der Waals surface area contributed by atoms with Crippen molar-refractivity contribution in [2.24, 2.45) is 5.10 Å². The molecule has 3 aromatic rings. The van der Waals surface area contributed by atoms with Crippen LogP contribution >= 0.6 is 0 Å². The number of amides is 2. The topological polar surface area (TPSA) is 104 Å². The van der Waals surface area contributed by atoms with Crippen molar-refractivity contribution in [3.63, 3.8) is 0 Å². The van der Waals surface area contributed by atoms with Crippen LogP contribution < -0.4 is 10.7 Å². The lowest BCUT2D eigenvalue weighted by Crippen LogP contribution is -2.34. The second-order valence-corrected chi connectivity index (χ2v) is 5.43. The smallest absolute Gasteiger partial charge is 0.259 e. The fourth-order valence-electron chi connectivity index (χ4n) is 2.39. The number of pyridine rings is 1. The van der Waals surface area contributed by atoms with Gasteiger partial charge in [-0.1, -0.05) is 30.3 Å². The average Bonchev–Trinajstić information content (AvgIpc) is 2.68. The Morgan fingerprint density at radius 2 is 1.85 bits per heavy atom. The third-order valence-electron chi connectivity index (χ3n) is 3.68. The van der Waals surface area contributed by atoms with Crippen LogP contribution in [0.2, 0.25) is 0 Å². The molecule has 7 heteroatoms. The summed E-state index contributed by atoms with van der Waals surface area (Å²) in [5.41, 5.74) is 3.24. The Bertz CT molecular complexity index is 971. The maximum Gasteiger partial charge on any atom is 0.259 e. The number of hydrazone groups is 1. The molecule has 1 heterocycles. The Labute approximate surface area is 149 Å². The lowest BCUT2D eigenvalue weighted by Gasteiger charge is -2.05. The van der Waals surface area contributed by atoms with Crippen molar-refractivity contribution < 1.29 is 14.7 Å². The quantitative estimate of drug-likeness (QED) is 0.483. The molecule has 26 heavy (non-hydrogen) atoms. The van der Waals surface area contributed by atoms with Crippen molar-refractivity contribution in [1.29, 1.82) is 0 Å². The molecule has 0 aliphatic heterocycles. The number of fused-ring (bicyclic) bond motifs is 1. The van der Waals surface area contributed by atoms with Crippen LogP contribution in [-0.4, -0.2) is 34.7 Å². The number of phenols is 1. The Morgan fingerprint density at radius 1 is 1.08 bits per heavy atom. The fraction of sp³-hybridized carbons (Fsp3) is 0.0526. The molecule has 0 saturated heterocycles. The van der Waals surface area contributed by atoms with Gasteiger partial charge >= 0.3 is 0 Å². The van der Waals surface area contributed by atoms with Gasteiger partial charge < -0.3 is 10.4 Å². The zero-order valence-corrected chi connectivity index (χ0v) is 13.7. The number of nitrogens with one attached hydrogen (secondary N) is 2. The number of nitrogens with zero attached hydrogens (tertiary/aromatic N) is 2. The van der Waals surface area contributed by atoms with Gasteiger partial charge in [0.25, 0.3) is 11.8 Å². The van der Waals surface area contributed by atoms with Crippen LogP contribution in [0.25, 0.3) is 10.8 Å². The highest BCUT2D eigenvalue weighted by Crippen LogP contribution is 2.25. The predicted molar refractivity (Wildman–Crippen MR) is 97.9 cm³/mol. The first kappa shape index (κ1) is 17.1. The number of carbonyl (C=O) groups is 2. The molecule has 0 aliphatic rings. The Morgan fingerprint density at radius 3 is 2.65 bits per heavy atom. The van der Waals surface area contributed by atoms with Gasteiger partial charge in [0.1, 0.15) is 5.75 Å². The Kier molecular flexibility index (Phi) is 5.19. The van der Waals surface area contributed by atoms with Crippen LogP contribution in [-0.2, 0) is 4.79 Å². The third kappa shape index (κ3) is 4.02. The Balaban J connectivity index is 1.60. The molecule has 0 atom stereocenters. The van der Waals surface area contributed by atoms with Gasteiger partial charge in [0.2, 0.25) is 0 Å². The van der Waals surface area contributed by atoms with Crippen molar-refractivity contribution in [3.05, 3.63) is 72.1 Å². The highest BCUT2D eigenvalue weighted by Gasteiger charge is 2.07. The number of phenolic OH excluding ortho intramolecular Hbond substituents is 1. The minimum atomic E-state index is -0.483. The van der Waals surface area contributed by atoms with Crippen LogP contribution in [0.1, 0.15) is 15.9 Å². The lowest BCUT2D eigenvalue weighted by molar-refractivity contribution is -0.120. The molecule has 7 nitrogen and oxygen atoms in total. The van der Waals surface area contributed by atoms with E-state index in [1.54, 1.807) is 24.3 Å². The second kappa shape index (κ2) is 7.89. The molecule has 0 radical (unpaired) electrons. The van der Waals surface area contributed by atoms with Crippen molar-refractivity contribution in [3.8, 4) is 5.75 Å². The van der Waals surface area contributed by atoms with Crippen molar-refractivity contribution >= 4 is 28.8 Å². The van der Waals surface area contributed by atoms with Crippen molar-refractivity contribution in [1.82, 2.24) is 15.7 Å². The molecule has 3 N–H and O–H groups in total. The second-order valence-electron chi connectivity index (χ2n) is 5.43. The van der Waals surface area contributed by atoms with E-state index in [9.17, 15) is 14.7 Å². The minimum Gasteiger partial charge on any atom is -0.507 e. The van der Waals surface area contributed by atoms with Crippen LogP contribution in [0, 0.1) is 0 Å². The largest absolute Gasteiger partial charge is 0.507 e. The van der Waals surface area contributed by atoms with E-state index in [0.29, 0.717) is 11.1 Å². The predicted octanol–water partition coefficient (Wildman–Crippen LogP) is 1.82. The zero-order valence-electron chi connectivity index (χ0n) is 13.7. The van der Waals surface area contributed by atoms with E-state index >= 15 is 0 Å². The van der Waals surface area contributed by atoms with Gasteiger partial charge in [-0.25, -0.2) is 5.43 Å². The average molecular weight is 348 g/mol. The monoisotopic (exact) mass is 348 g/mol. The molecule has 0 unspecified atom stereocenters. The summed E-state index contributed by atoms with van der Waals surface area (Å²) in [5.74, 6) is -0.797. The van der Waals surface area contributed by atoms with Gasteiger partial charge in [0, 0.05) is 23.5 Å². The molecule has 2 aromatic carbocycles. The number of carbonyl (C=O) groups excluding carboxylic acids is 2. The first-order valence-electron chi connectivity index (χ1n) is 7.86. The number of aromatic nitrogens is 1. The number of aromatic hydroxyl groups is 1. The molecular weight excluding hydrogens is 332 g/mol. The first-order valence-corrected chi connectivity index (χ1v) is 7.86. The van der Waals surface area contributed by atoms with E-state index in [-0.39, 0.29) is 18.2 Å². The Hall–Kier alpha value is -3.74. The molecule has 0 saturated carbocycles. The number of rotatable bonds is 5. The van der Waals surface area contributed by atoms with Crippen LogP contribution in [0.4, 0.5) is 0 Å². The number of hydrogen-bond acceptors (Lipinski definition) is 5. The molecular formula is C19H16N4O3. The van der Waals surface area contributed by atoms with E-state index in [1.807, 2.05) is 24.3 Å². The molecule has 0 aliphatic carbocycles. The standard InChI is InChI=1S/C19H16N4O3/c24-17-6-5-13-3-1-2-4-15(13)16(17)11-22-23-18(25)12-21-19(26)14-7-9-20-10-8-14/h1-11,24H,12H2,(H,21,26)(H,23,25)/b22-11+. The summed E-state index contributed by atoms with van der Waals surface area (Å²) in [6.07, 6.45) is 4.37. The normalized spacial score (nSPS) is 10.8. The maximum atomic E-state index is 11.8. The number of hydrogen-bond donors (Lipinski definition) is 3. The molecule has 0 spiro atoms. The summed E-state index contributed by atoms with van der Waals surface area (Å²) >= 11 is 0. The van der Waals surface area contributed by atoms with Gasteiger partial charge in [-0.3, -0.25) is 14.6 Å². The maximum absolute atomic E-state index is 11.8. The summed E-state index contributed by atoms with van der Waals surface area (Å²) in [6, 6.07) is 14.0. The summed E-state index contributed by atoms with van der Waals surface area (Å²) in [6.45, 7) is -0.222. The third-order valence-corrected chi connectivity index (χ3v) is 3.68. The van der Waals surface area contributed by atoms with Gasteiger partial charge in [-0.15, -0.1) is 0 Å². The van der Waals surface area contributed by atoms with Gasteiger partial charge in [0.15, 0.2) is 0 Å². The van der Waals surface area contributed by atoms with Gasteiger partial charge in [-0.2, -0.15) is 5.10 Å². The van der Waals surface area contributed by atoms with Gasteiger partial charge in [-0.05, 0) is 29.0 Å². The summed E-state index contributed by atoms with van der Waals surface area (Å²) in [7, 11) is 0. The highest BCUT2D eigenvalue weighted by molar-refractivity contribution is 6.02. The lowest BCUT2D eigenvalue weighted by atomic mass is 10.0. The fourth-order valence-corrected chi connectivity index (χ4v) is 2.39. The molecule has 0 fully saturated rings. The molecule has 130 valence electrons. The van der Waals surface area contributed by atoms with Crippen molar-refractivity contribution in [2.45, 2.75) is 0 Å². The summed E-state index contributed by atoms with van der Waals surface area (Å²) in [5, 5.41) is 18.1. The van der Waals surface area contributed by atoms with Crippen LogP contribution in [0.15, 0.2) is 66.0 Å². The highest BCUT2D eigenvalue weighted by atomic mass is 16.3. The molecule has 3 rings (SSSR count). The minimum absolute atomic E-state index is 0.0627. The summed E-state index contributed by atoms with van der Waals surface area (Å²) < 4.78 is 0. The van der Waals surface area contributed by atoms with E-state index in [0.717, 1.165) is 10.8 Å². The molecule has 2 amide bonds. The SMILES string of the molecule is O=C(CNC(=O)c1ccncc1)N/N=C/c1c(O)ccc2ccccc12. The van der Waals surface area contributed by atoms with E-state index in [1.165, 1.54) is 18.6 Å². The van der Waals surface area contributed by atoms with E-state index in [2.05, 4.69) is 20.8 Å². The first-order chi connectivity index (χ1) is 12.6. The van der Waals surface area contributed by atoms with Gasteiger partial charge in [0.05, 0.1) is 12.8 Å². The number of benzene rings is 2. The van der Waals surface area contributed by atoms with Crippen molar-refractivity contribution in [2.75, 3.05) is 6.54 Å². The molecule has 1 aromatic heterocycles. The summed E-state index contributed by atoms with van der Waals surface area (Å²) in [4.78, 5) is 27.5. The van der Waals surface area contributed by atoms with Crippen LogP contribution in [0.3, 0.4) is 0 Å².